The minimum absolute atomic E-state index is 0.0957. The van der Waals surface area contributed by atoms with Crippen LogP contribution in [0.1, 0.15) is 46.2 Å². The van der Waals surface area contributed by atoms with E-state index >= 15 is 0 Å². The van der Waals surface area contributed by atoms with Gasteiger partial charge in [-0.05, 0) is 32.3 Å². The van der Waals surface area contributed by atoms with Crippen LogP contribution in [0.15, 0.2) is 23.4 Å². The molecular formula is C16H19N3O2S. The number of benzene rings is 1. The number of nitrogens with zero attached hydrogens (tertiary/aromatic N) is 3. The lowest BCUT2D eigenvalue weighted by atomic mass is 10.0. The third-order valence-electron chi connectivity index (χ3n) is 3.80. The van der Waals surface area contributed by atoms with Gasteiger partial charge in [-0.25, -0.2) is 0 Å². The molecule has 3 rings (SSSR count). The summed E-state index contributed by atoms with van der Waals surface area (Å²) in [5, 5.41) is 18.2. The summed E-state index contributed by atoms with van der Waals surface area (Å²) in [5.74, 6) is 1.02. The number of hydrogen-bond donors (Lipinski definition) is 1. The summed E-state index contributed by atoms with van der Waals surface area (Å²) < 4.78 is 1.97. The van der Waals surface area contributed by atoms with Gasteiger partial charge in [0.25, 0.3) is 0 Å². The topological polar surface area (TPSA) is 68.0 Å². The molecule has 1 saturated carbocycles. The fourth-order valence-corrected chi connectivity index (χ4v) is 3.46. The Morgan fingerprint density at radius 3 is 2.77 bits per heavy atom. The highest BCUT2D eigenvalue weighted by molar-refractivity contribution is 7.99. The molecule has 1 aromatic carbocycles. The number of carbonyl (C=O) groups excluding carboxylic acids is 1. The van der Waals surface area contributed by atoms with Crippen LogP contribution < -0.4 is 0 Å². The standard InChI is InChI=1S/C16H19N3O2S/c1-10-3-6-13(11(2)7-10)14(21)9-22-16-18-17-15(8-20)19(16)12-4-5-12/h3,6-7,12,20H,4-5,8-9H2,1-2H3. The van der Waals surface area contributed by atoms with Crippen molar-refractivity contribution in [3.63, 3.8) is 0 Å². The molecule has 22 heavy (non-hydrogen) atoms. The van der Waals surface area contributed by atoms with E-state index in [1.807, 2.05) is 36.6 Å². The first kappa shape index (κ1) is 15.2. The van der Waals surface area contributed by atoms with Crippen molar-refractivity contribution in [2.24, 2.45) is 0 Å². The van der Waals surface area contributed by atoms with Gasteiger partial charge in [0.15, 0.2) is 16.8 Å². The van der Waals surface area contributed by atoms with Crippen LogP contribution in [0.25, 0.3) is 0 Å². The van der Waals surface area contributed by atoms with Crippen molar-refractivity contribution in [3.8, 4) is 0 Å². The molecule has 0 radical (unpaired) electrons. The highest BCUT2D eigenvalue weighted by Gasteiger charge is 2.29. The summed E-state index contributed by atoms with van der Waals surface area (Å²) in [6.07, 6.45) is 2.17. The smallest absolute Gasteiger partial charge is 0.191 e. The van der Waals surface area contributed by atoms with Crippen molar-refractivity contribution in [2.45, 2.75) is 44.5 Å². The number of aliphatic hydroxyl groups is 1. The summed E-state index contributed by atoms with van der Waals surface area (Å²) in [6.45, 7) is 3.86. The van der Waals surface area contributed by atoms with Gasteiger partial charge in [0, 0.05) is 11.6 Å². The van der Waals surface area contributed by atoms with E-state index in [1.165, 1.54) is 11.8 Å². The summed E-state index contributed by atoms with van der Waals surface area (Å²) in [6, 6.07) is 6.25. The minimum Gasteiger partial charge on any atom is -0.388 e. The molecule has 0 aliphatic heterocycles. The normalized spacial score (nSPS) is 14.3. The maximum absolute atomic E-state index is 12.4. The number of hydrogen-bond acceptors (Lipinski definition) is 5. The van der Waals surface area contributed by atoms with E-state index < -0.39 is 0 Å². The van der Waals surface area contributed by atoms with E-state index in [-0.39, 0.29) is 12.4 Å². The lowest BCUT2D eigenvalue weighted by molar-refractivity contribution is 0.102. The molecule has 0 spiro atoms. The molecule has 1 aliphatic carbocycles. The second-order valence-corrected chi connectivity index (χ2v) is 6.63. The van der Waals surface area contributed by atoms with Gasteiger partial charge in [-0.3, -0.25) is 4.79 Å². The van der Waals surface area contributed by atoms with E-state index in [4.69, 9.17) is 0 Å². The maximum atomic E-state index is 12.4. The summed E-state index contributed by atoms with van der Waals surface area (Å²) in [7, 11) is 0. The Labute approximate surface area is 133 Å². The van der Waals surface area contributed by atoms with Gasteiger partial charge in [-0.1, -0.05) is 35.5 Å². The van der Waals surface area contributed by atoms with Crippen molar-refractivity contribution >= 4 is 17.5 Å². The first-order valence-corrected chi connectivity index (χ1v) is 8.36. The lowest BCUT2D eigenvalue weighted by Crippen LogP contribution is -2.07. The van der Waals surface area contributed by atoms with Crippen LogP contribution in [-0.4, -0.2) is 31.4 Å². The number of carbonyl (C=O) groups is 1. The van der Waals surface area contributed by atoms with Crippen LogP contribution in [0, 0.1) is 13.8 Å². The third-order valence-corrected chi connectivity index (χ3v) is 4.75. The van der Waals surface area contributed by atoms with Crippen LogP contribution >= 0.6 is 11.8 Å². The van der Waals surface area contributed by atoms with Gasteiger partial charge in [0.1, 0.15) is 6.61 Å². The second-order valence-electron chi connectivity index (χ2n) is 5.69. The summed E-state index contributed by atoms with van der Waals surface area (Å²) >= 11 is 1.40. The van der Waals surface area contributed by atoms with E-state index in [0.29, 0.717) is 17.6 Å². The SMILES string of the molecule is Cc1ccc(C(=O)CSc2nnc(CO)n2C2CC2)c(C)c1. The van der Waals surface area contributed by atoms with Crippen LogP contribution in [0.3, 0.4) is 0 Å². The average Bonchev–Trinajstić information content (AvgIpc) is 3.24. The lowest BCUT2D eigenvalue weighted by Gasteiger charge is -2.08. The fraction of sp³-hybridized carbons (Fsp3) is 0.438. The van der Waals surface area contributed by atoms with Crippen molar-refractivity contribution in [2.75, 3.05) is 5.75 Å². The molecule has 1 aliphatic rings. The zero-order chi connectivity index (χ0) is 15.7. The number of aromatic nitrogens is 3. The molecule has 1 fully saturated rings. The number of ketones is 1. The van der Waals surface area contributed by atoms with Crippen molar-refractivity contribution < 1.29 is 9.90 Å². The average molecular weight is 317 g/mol. The molecule has 0 atom stereocenters. The summed E-state index contributed by atoms with van der Waals surface area (Å²) in [4.78, 5) is 12.4. The highest BCUT2D eigenvalue weighted by atomic mass is 32.2. The van der Waals surface area contributed by atoms with Crippen molar-refractivity contribution in [1.82, 2.24) is 14.8 Å². The molecular weight excluding hydrogens is 298 g/mol. The van der Waals surface area contributed by atoms with Gasteiger partial charge in [0.2, 0.25) is 0 Å². The molecule has 1 N–H and O–H groups in total. The number of aryl methyl sites for hydroxylation is 2. The second kappa shape index (κ2) is 6.22. The molecule has 0 saturated heterocycles. The minimum atomic E-state index is -0.116. The van der Waals surface area contributed by atoms with Gasteiger partial charge in [-0.15, -0.1) is 10.2 Å². The monoisotopic (exact) mass is 317 g/mol. The van der Waals surface area contributed by atoms with Crippen LogP contribution in [-0.2, 0) is 6.61 Å². The van der Waals surface area contributed by atoms with Crippen molar-refractivity contribution in [1.29, 1.82) is 0 Å². The van der Waals surface area contributed by atoms with Crippen LogP contribution in [0.5, 0.6) is 0 Å². The van der Waals surface area contributed by atoms with E-state index in [2.05, 4.69) is 10.2 Å². The molecule has 2 aromatic rings. The van der Waals surface area contributed by atoms with Gasteiger partial charge < -0.3 is 9.67 Å². The molecule has 6 heteroatoms. The predicted molar refractivity (Wildman–Crippen MR) is 85.2 cm³/mol. The quantitative estimate of drug-likeness (QED) is 0.655. The Bertz CT molecular complexity index is 707. The molecule has 5 nitrogen and oxygen atoms in total. The summed E-state index contributed by atoms with van der Waals surface area (Å²) in [5.41, 5.74) is 2.92. The van der Waals surface area contributed by atoms with Gasteiger partial charge >= 0.3 is 0 Å². The zero-order valence-corrected chi connectivity index (χ0v) is 13.6. The highest BCUT2D eigenvalue weighted by Crippen LogP contribution is 2.38. The zero-order valence-electron chi connectivity index (χ0n) is 12.7. The Morgan fingerprint density at radius 2 is 2.14 bits per heavy atom. The van der Waals surface area contributed by atoms with Gasteiger partial charge in [-0.2, -0.15) is 0 Å². The van der Waals surface area contributed by atoms with E-state index in [1.54, 1.807) is 0 Å². The Kier molecular flexibility index (Phi) is 4.31. The molecule has 1 heterocycles. The molecule has 0 unspecified atom stereocenters. The molecule has 0 amide bonds. The Balaban J connectivity index is 1.72. The first-order valence-electron chi connectivity index (χ1n) is 7.38. The van der Waals surface area contributed by atoms with Gasteiger partial charge in [0.05, 0.1) is 5.75 Å². The first-order chi connectivity index (χ1) is 10.6. The van der Waals surface area contributed by atoms with Crippen LogP contribution in [0.4, 0.5) is 0 Å². The fourth-order valence-electron chi connectivity index (χ4n) is 2.55. The Hall–Kier alpha value is -1.66. The van der Waals surface area contributed by atoms with Crippen LogP contribution in [0.2, 0.25) is 0 Å². The maximum Gasteiger partial charge on any atom is 0.191 e. The third kappa shape index (κ3) is 3.08. The molecule has 1 aromatic heterocycles. The number of thioether (sulfide) groups is 1. The largest absolute Gasteiger partial charge is 0.388 e. The molecule has 0 bridgehead atoms. The number of rotatable bonds is 6. The predicted octanol–water partition coefficient (Wildman–Crippen LogP) is 2.70. The molecule has 116 valence electrons. The van der Waals surface area contributed by atoms with Crippen molar-refractivity contribution in [3.05, 3.63) is 40.7 Å². The number of aliphatic hydroxyl groups excluding tert-OH is 1. The Morgan fingerprint density at radius 1 is 1.36 bits per heavy atom. The van der Waals surface area contributed by atoms with E-state index in [9.17, 15) is 9.90 Å². The number of Topliss-reactive ketones (excluding diaryl/α,β-unsaturated/α-hetero) is 1. The van der Waals surface area contributed by atoms with E-state index in [0.717, 1.165) is 34.7 Å².